The molecule has 4 nitrogen and oxygen atoms in total. The summed E-state index contributed by atoms with van der Waals surface area (Å²) >= 11 is 0. The molecular formula is C17H20N2O2. The molecule has 21 heavy (non-hydrogen) atoms. The standard InChI is InChI=1S/C17H20N2O2/c1-10(2)14-9-16(12(4)8-17(14)21)19-18-15-6-5-13(20)7-11(15)3/h5-10,20-21H,1-4H3/b19-18+. The zero-order valence-corrected chi connectivity index (χ0v) is 12.8. The number of phenolic OH excluding ortho intramolecular Hbond substituents is 2. The third kappa shape index (κ3) is 3.40. The topological polar surface area (TPSA) is 65.2 Å². The van der Waals surface area contributed by atoms with E-state index in [2.05, 4.69) is 10.2 Å². The molecule has 0 bridgehead atoms. The summed E-state index contributed by atoms with van der Waals surface area (Å²) in [4.78, 5) is 0. The van der Waals surface area contributed by atoms with Gasteiger partial charge in [0, 0.05) is 0 Å². The summed E-state index contributed by atoms with van der Waals surface area (Å²) in [5.74, 6) is 0.728. The number of rotatable bonds is 3. The predicted molar refractivity (Wildman–Crippen MR) is 84.0 cm³/mol. The summed E-state index contributed by atoms with van der Waals surface area (Å²) in [6, 6.07) is 8.55. The highest BCUT2D eigenvalue weighted by molar-refractivity contribution is 5.55. The molecule has 110 valence electrons. The Balaban J connectivity index is 2.38. The van der Waals surface area contributed by atoms with Crippen LogP contribution < -0.4 is 0 Å². The van der Waals surface area contributed by atoms with E-state index in [1.165, 1.54) is 0 Å². The molecule has 2 aromatic rings. The monoisotopic (exact) mass is 284 g/mol. The molecule has 0 saturated carbocycles. The van der Waals surface area contributed by atoms with Crippen LogP contribution in [0.3, 0.4) is 0 Å². The van der Waals surface area contributed by atoms with Gasteiger partial charge in [-0.3, -0.25) is 0 Å². The van der Waals surface area contributed by atoms with E-state index in [4.69, 9.17) is 0 Å². The maximum Gasteiger partial charge on any atom is 0.119 e. The average molecular weight is 284 g/mol. The Kier molecular flexibility index (Phi) is 4.26. The van der Waals surface area contributed by atoms with Crippen molar-refractivity contribution in [3.63, 3.8) is 0 Å². The fourth-order valence-corrected chi connectivity index (χ4v) is 2.13. The van der Waals surface area contributed by atoms with Crippen molar-refractivity contribution >= 4 is 11.4 Å². The zero-order chi connectivity index (χ0) is 15.6. The molecule has 2 aromatic carbocycles. The van der Waals surface area contributed by atoms with Crippen LogP contribution >= 0.6 is 0 Å². The molecule has 0 heterocycles. The Labute approximate surface area is 124 Å². The Morgan fingerprint density at radius 1 is 0.857 bits per heavy atom. The van der Waals surface area contributed by atoms with Gasteiger partial charge < -0.3 is 10.2 Å². The first-order chi connectivity index (χ1) is 9.88. The summed E-state index contributed by atoms with van der Waals surface area (Å²) in [6.45, 7) is 7.81. The molecule has 0 fully saturated rings. The maximum atomic E-state index is 9.95. The normalized spacial score (nSPS) is 11.5. The first-order valence-electron chi connectivity index (χ1n) is 6.93. The summed E-state index contributed by atoms with van der Waals surface area (Å²) < 4.78 is 0. The number of nitrogens with zero attached hydrogens (tertiary/aromatic N) is 2. The maximum absolute atomic E-state index is 9.95. The van der Waals surface area contributed by atoms with Crippen LogP contribution in [0.1, 0.15) is 36.5 Å². The van der Waals surface area contributed by atoms with Crippen molar-refractivity contribution in [3.8, 4) is 11.5 Å². The van der Waals surface area contributed by atoms with Gasteiger partial charge >= 0.3 is 0 Å². The molecule has 4 heteroatoms. The molecule has 2 rings (SSSR count). The van der Waals surface area contributed by atoms with Crippen LogP contribution in [-0.4, -0.2) is 10.2 Å². The number of hydrogen-bond acceptors (Lipinski definition) is 4. The second-order valence-electron chi connectivity index (χ2n) is 5.52. The molecule has 0 aromatic heterocycles. The van der Waals surface area contributed by atoms with Gasteiger partial charge in [0.25, 0.3) is 0 Å². The van der Waals surface area contributed by atoms with E-state index in [1.807, 2.05) is 33.8 Å². The van der Waals surface area contributed by atoms with Gasteiger partial charge in [-0.1, -0.05) is 13.8 Å². The number of hydrogen-bond donors (Lipinski definition) is 2. The molecule has 0 aliphatic carbocycles. The van der Waals surface area contributed by atoms with Crippen molar-refractivity contribution in [2.45, 2.75) is 33.6 Å². The molecule has 0 saturated heterocycles. The van der Waals surface area contributed by atoms with Crippen LogP contribution in [0.2, 0.25) is 0 Å². The smallest absolute Gasteiger partial charge is 0.119 e. The number of phenols is 2. The molecule has 0 amide bonds. The zero-order valence-electron chi connectivity index (χ0n) is 12.8. The van der Waals surface area contributed by atoms with E-state index >= 15 is 0 Å². The Bertz CT molecular complexity index is 691. The van der Waals surface area contributed by atoms with Gasteiger partial charge in [0.1, 0.15) is 11.5 Å². The molecule has 0 atom stereocenters. The van der Waals surface area contributed by atoms with Crippen LogP contribution in [0.25, 0.3) is 0 Å². The van der Waals surface area contributed by atoms with Crippen molar-refractivity contribution in [1.82, 2.24) is 0 Å². The molecular weight excluding hydrogens is 264 g/mol. The van der Waals surface area contributed by atoms with Crippen LogP contribution in [0.15, 0.2) is 40.6 Å². The lowest BCUT2D eigenvalue weighted by Gasteiger charge is -2.10. The van der Waals surface area contributed by atoms with E-state index < -0.39 is 0 Å². The summed E-state index contributed by atoms with van der Waals surface area (Å²) in [6.07, 6.45) is 0. The average Bonchev–Trinajstić information content (AvgIpc) is 2.39. The minimum atomic E-state index is 0.217. The van der Waals surface area contributed by atoms with Crippen molar-refractivity contribution in [2.75, 3.05) is 0 Å². The van der Waals surface area contributed by atoms with Crippen molar-refractivity contribution in [2.24, 2.45) is 10.2 Å². The third-order valence-corrected chi connectivity index (χ3v) is 3.41. The summed E-state index contributed by atoms with van der Waals surface area (Å²) in [5.41, 5.74) is 4.05. The van der Waals surface area contributed by atoms with Crippen molar-refractivity contribution < 1.29 is 10.2 Å². The minimum absolute atomic E-state index is 0.217. The van der Waals surface area contributed by atoms with E-state index in [-0.39, 0.29) is 11.7 Å². The first kappa shape index (κ1) is 15.0. The van der Waals surface area contributed by atoms with Crippen LogP contribution in [0, 0.1) is 13.8 Å². The lowest BCUT2D eigenvalue weighted by Crippen LogP contribution is -1.89. The van der Waals surface area contributed by atoms with Crippen LogP contribution in [0.4, 0.5) is 11.4 Å². The second-order valence-corrected chi connectivity index (χ2v) is 5.52. The van der Waals surface area contributed by atoms with Gasteiger partial charge in [-0.25, -0.2) is 0 Å². The third-order valence-electron chi connectivity index (χ3n) is 3.41. The molecule has 0 aliphatic heterocycles. The summed E-state index contributed by atoms with van der Waals surface area (Å²) in [5, 5.41) is 27.9. The highest BCUT2D eigenvalue weighted by Crippen LogP contribution is 2.34. The molecule has 0 aliphatic rings. The van der Waals surface area contributed by atoms with E-state index in [1.54, 1.807) is 24.3 Å². The Morgan fingerprint density at radius 3 is 2.10 bits per heavy atom. The quantitative estimate of drug-likeness (QED) is 0.755. The lowest BCUT2D eigenvalue weighted by atomic mass is 9.99. The highest BCUT2D eigenvalue weighted by atomic mass is 16.3. The van der Waals surface area contributed by atoms with Crippen molar-refractivity contribution in [3.05, 3.63) is 47.0 Å². The van der Waals surface area contributed by atoms with Gasteiger partial charge in [-0.15, -0.1) is 0 Å². The Morgan fingerprint density at radius 2 is 1.48 bits per heavy atom. The van der Waals surface area contributed by atoms with Gasteiger partial charge in [0.15, 0.2) is 0 Å². The van der Waals surface area contributed by atoms with Gasteiger partial charge in [0.05, 0.1) is 11.4 Å². The van der Waals surface area contributed by atoms with Gasteiger partial charge in [0.2, 0.25) is 0 Å². The SMILES string of the molecule is Cc1cc(O)ccc1/N=N/c1cc(C(C)C)c(O)cc1C. The van der Waals surface area contributed by atoms with E-state index in [0.29, 0.717) is 11.4 Å². The van der Waals surface area contributed by atoms with E-state index in [9.17, 15) is 10.2 Å². The fraction of sp³-hybridized carbons (Fsp3) is 0.294. The number of benzene rings is 2. The largest absolute Gasteiger partial charge is 0.508 e. The summed E-state index contributed by atoms with van der Waals surface area (Å²) in [7, 11) is 0. The molecule has 0 radical (unpaired) electrons. The van der Waals surface area contributed by atoms with Crippen LogP contribution in [0.5, 0.6) is 11.5 Å². The predicted octanol–water partition coefficient (Wildman–Crippen LogP) is 5.25. The number of aryl methyl sites for hydroxylation is 2. The van der Waals surface area contributed by atoms with Gasteiger partial charge in [-0.05, 0) is 66.8 Å². The molecule has 0 spiro atoms. The lowest BCUT2D eigenvalue weighted by molar-refractivity contribution is 0.464. The Hall–Kier alpha value is -2.36. The molecule has 2 N–H and O–H groups in total. The number of azo groups is 1. The first-order valence-corrected chi connectivity index (χ1v) is 6.93. The van der Waals surface area contributed by atoms with Gasteiger partial charge in [-0.2, -0.15) is 10.2 Å². The van der Waals surface area contributed by atoms with E-state index in [0.717, 1.165) is 22.4 Å². The minimum Gasteiger partial charge on any atom is -0.508 e. The van der Waals surface area contributed by atoms with Crippen molar-refractivity contribution in [1.29, 1.82) is 0 Å². The fourth-order valence-electron chi connectivity index (χ4n) is 2.13. The number of aromatic hydroxyl groups is 2. The van der Waals surface area contributed by atoms with Crippen LogP contribution in [-0.2, 0) is 0 Å². The second kappa shape index (κ2) is 5.95. The molecule has 0 unspecified atom stereocenters. The highest BCUT2D eigenvalue weighted by Gasteiger charge is 2.09.